The molecule has 0 aromatic carbocycles. The van der Waals surface area contributed by atoms with Gasteiger partial charge in [-0.25, -0.2) is 8.42 Å². The van der Waals surface area contributed by atoms with Crippen molar-refractivity contribution in [1.29, 1.82) is 0 Å². The van der Waals surface area contributed by atoms with Gasteiger partial charge in [0.05, 0.1) is 28.9 Å². The molecule has 1 amide bonds. The molecule has 8 nitrogen and oxygen atoms in total. The van der Waals surface area contributed by atoms with Crippen LogP contribution in [0.15, 0.2) is 29.5 Å². The number of nitrogens with one attached hydrogen (secondary N) is 2. The molecule has 1 aliphatic rings. The third-order valence-electron chi connectivity index (χ3n) is 3.91. The molecule has 0 unspecified atom stereocenters. The van der Waals surface area contributed by atoms with Crippen LogP contribution in [0.4, 0.5) is 5.69 Å². The van der Waals surface area contributed by atoms with Gasteiger partial charge in [0.25, 0.3) is 0 Å². The number of amides is 1. The van der Waals surface area contributed by atoms with E-state index in [1.807, 2.05) is 4.90 Å². The fourth-order valence-electron chi connectivity index (χ4n) is 2.46. The van der Waals surface area contributed by atoms with Crippen molar-refractivity contribution in [3.05, 3.63) is 24.5 Å². The quantitative estimate of drug-likeness (QED) is 0.375. The minimum atomic E-state index is -3.12. The van der Waals surface area contributed by atoms with Crippen LogP contribution in [0, 0.1) is 0 Å². The molecule has 1 aromatic rings. The number of sulfone groups is 1. The lowest BCUT2D eigenvalue weighted by Gasteiger charge is -2.39. The minimum Gasteiger partial charge on any atom is -0.347 e. The second kappa shape index (κ2) is 8.79. The molecule has 0 aliphatic carbocycles. The van der Waals surface area contributed by atoms with E-state index in [9.17, 15) is 13.2 Å². The van der Waals surface area contributed by atoms with Crippen LogP contribution >= 0.6 is 24.0 Å². The number of aliphatic imine (C=N–C) groups is 1. The number of rotatable bonds is 3. The largest absolute Gasteiger partial charge is 0.347 e. The number of hydrogen-bond donors (Lipinski definition) is 2. The molecule has 1 aromatic heterocycles. The molecule has 0 radical (unpaired) electrons. The maximum atomic E-state index is 12.1. The van der Waals surface area contributed by atoms with Crippen molar-refractivity contribution in [1.82, 2.24) is 15.2 Å². The summed E-state index contributed by atoms with van der Waals surface area (Å²) in [6.45, 7) is 4.13. The average Bonchev–Trinajstić information content (AvgIpc) is 2.52. The Bertz CT molecular complexity index is 722. The summed E-state index contributed by atoms with van der Waals surface area (Å²) in [6, 6.07) is 3.48. The Morgan fingerprint density at radius 2 is 2.16 bits per heavy atom. The van der Waals surface area contributed by atoms with E-state index in [1.54, 1.807) is 45.4 Å². The van der Waals surface area contributed by atoms with Crippen molar-refractivity contribution < 1.29 is 13.2 Å². The Labute approximate surface area is 165 Å². The maximum absolute atomic E-state index is 12.1. The van der Waals surface area contributed by atoms with E-state index >= 15 is 0 Å². The van der Waals surface area contributed by atoms with Gasteiger partial charge >= 0.3 is 0 Å². The lowest BCUT2D eigenvalue weighted by atomic mass is 10.2. The molecule has 0 spiro atoms. The Kier molecular flexibility index (Phi) is 7.60. The van der Waals surface area contributed by atoms with Crippen LogP contribution in [-0.2, 0) is 14.6 Å². The molecule has 0 bridgehead atoms. The number of carbonyl (C=O) groups excluding carboxylic acids is 1. The van der Waals surface area contributed by atoms with Crippen molar-refractivity contribution in [3.8, 4) is 0 Å². The fraction of sp³-hybridized carbons (Fsp3) is 0.533. The van der Waals surface area contributed by atoms with Crippen LogP contribution < -0.4 is 10.6 Å². The Hall–Kier alpha value is -1.43. The van der Waals surface area contributed by atoms with E-state index in [1.165, 1.54) is 0 Å². The summed E-state index contributed by atoms with van der Waals surface area (Å²) < 4.78 is 23.3. The van der Waals surface area contributed by atoms with Crippen molar-refractivity contribution in [2.45, 2.75) is 18.6 Å². The van der Waals surface area contributed by atoms with Crippen LogP contribution in [0.25, 0.3) is 0 Å². The molecule has 2 heterocycles. The highest BCUT2D eigenvalue weighted by molar-refractivity contribution is 14.0. The monoisotopic (exact) mass is 481 g/mol. The average molecular weight is 481 g/mol. The van der Waals surface area contributed by atoms with Crippen molar-refractivity contribution >= 4 is 51.4 Å². The molecule has 140 valence electrons. The maximum Gasteiger partial charge on any atom is 0.243 e. The third kappa shape index (κ3) is 5.53. The Morgan fingerprint density at radius 1 is 1.44 bits per heavy atom. The molecular weight excluding hydrogens is 457 g/mol. The van der Waals surface area contributed by atoms with Gasteiger partial charge < -0.3 is 15.5 Å². The lowest BCUT2D eigenvalue weighted by Crippen LogP contribution is -2.57. The smallest absolute Gasteiger partial charge is 0.243 e. The molecule has 0 atom stereocenters. The van der Waals surface area contributed by atoms with E-state index < -0.39 is 14.6 Å². The first-order valence-electron chi connectivity index (χ1n) is 7.63. The molecule has 2 N–H and O–H groups in total. The number of pyridine rings is 1. The number of guanidine groups is 1. The topological polar surface area (TPSA) is 104 Å². The number of hydrogen-bond acceptors (Lipinski definition) is 5. The van der Waals surface area contributed by atoms with Gasteiger partial charge in [-0.15, -0.1) is 24.0 Å². The standard InChI is InChI=1S/C15H23N5O3S.HI/c1-15(2)11-20(7-8-24(15,22)23)14(16-3)18-10-13(21)19-12-5-4-6-17-9-12;/h4-6,9H,7-8,10-11H2,1-3H3,(H,16,18)(H,19,21);1H. The SMILES string of the molecule is CN=C(NCC(=O)Nc1cccnc1)N1CCS(=O)(=O)C(C)(C)C1.I. The summed E-state index contributed by atoms with van der Waals surface area (Å²) in [5.74, 6) is 0.357. The lowest BCUT2D eigenvalue weighted by molar-refractivity contribution is -0.115. The minimum absolute atomic E-state index is 0. The number of carbonyl (C=O) groups is 1. The summed E-state index contributed by atoms with van der Waals surface area (Å²) in [6.07, 6.45) is 3.19. The molecule has 2 rings (SSSR count). The van der Waals surface area contributed by atoms with Crippen molar-refractivity contribution in [3.63, 3.8) is 0 Å². The normalized spacial score (nSPS) is 18.8. The second-order valence-electron chi connectivity index (χ2n) is 6.19. The number of aromatic nitrogens is 1. The first-order chi connectivity index (χ1) is 11.2. The Morgan fingerprint density at radius 3 is 2.72 bits per heavy atom. The van der Waals surface area contributed by atoms with Gasteiger partial charge in [-0.3, -0.25) is 14.8 Å². The van der Waals surface area contributed by atoms with Crippen LogP contribution in [0.3, 0.4) is 0 Å². The summed E-state index contributed by atoms with van der Waals surface area (Å²) in [7, 11) is -1.51. The zero-order chi connectivity index (χ0) is 17.8. The van der Waals surface area contributed by atoms with Crippen molar-refractivity contribution in [2.24, 2.45) is 4.99 Å². The van der Waals surface area contributed by atoms with Gasteiger partial charge in [-0.1, -0.05) is 0 Å². The summed E-state index contributed by atoms with van der Waals surface area (Å²) in [4.78, 5) is 21.9. The highest BCUT2D eigenvalue weighted by Gasteiger charge is 2.40. The van der Waals surface area contributed by atoms with E-state index in [-0.39, 0.29) is 42.2 Å². The van der Waals surface area contributed by atoms with E-state index in [4.69, 9.17) is 0 Å². The van der Waals surface area contributed by atoms with Gasteiger partial charge in [-0.2, -0.15) is 0 Å². The third-order valence-corrected chi connectivity index (χ3v) is 6.44. The van der Waals surface area contributed by atoms with Gasteiger partial charge in [0.1, 0.15) is 0 Å². The van der Waals surface area contributed by atoms with Gasteiger partial charge in [0.2, 0.25) is 5.91 Å². The number of anilines is 1. The van der Waals surface area contributed by atoms with Crippen LogP contribution in [0.2, 0.25) is 0 Å². The summed E-state index contributed by atoms with van der Waals surface area (Å²) >= 11 is 0. The van der Waals surface area contributed by atoms with Gasteiger partial charge in [0.15, 0.2) is 15.8 Å². The summed E-state index contributed by atoms with van der Waals surface area (Å²) in [5, 5.41) is 5.69. The number of halogens is 1. The zero-order valence-electron chi connectivity index (χ0n) is 14.5. The first kappa shape index (κ1) is 21.6. The van der Waals surface area contributed by atoms with Crippen molar-refractivity contribution in [2.75, 3.05) is 37.8 Å². The van der Waals surface area contributed by atoms with E-state index in [0.717, 1.165) is 0 Å². The first-order valence-corrected chi connectivity index (χ1v) is 9.28. The molecule has 1 fully saturated rings. The summed E-state index contributed by atoms with van der Waals surface area (Å²) in [5.41, 5.74) is 0.615. The van der Waals surface area contributed by atoms with Crippen LogP contribution in [-0.4, -0.2) is 67.4 Å². The second-order valence-corrected chi connectivity index (χ2v) is 8.93. The zero-order valence-corrected chi connectivity index (χ0v) is 17.7. The fourth-order valence-corrected chi connectivity index (χ4v) is 3.82. The molecule has 10 heteroatoms. The Balaban J connectivity index is 0.00000312. The molecule has 0 saturated carbocycles. The van der Waals surface area contributed by atoms with Crippen LogP contribution in [0.1, 0.15) is 13.8 Å². The highest BCUT2D eigenvalue weighted by atomic mass is 127. The molecule has 1 saturated heterocycles. The predicted octanol–water partition coefficient (Wildman–Crippen LogP) is 0.722. The molecule has 1 aliphatic heterocycles. The highest BCUT2D eigenvalue weighted by Crippen LogP contribution is 2.23. The molecular formula is C15H24IN5O3S. The van der Waals surface area contributed by atoms with Gasteiger partial charge in [-0.05, 0) is 26.0 Å². The van der Waals surface area contributed by atoms with Crippen LogP contribution in [0.5, 0.6) is 0 Å². The molecule has 25 heavy (non-hydrogen) atoms. The van der Waals surface area contributed by atoms with Gasteiger partial charge in [0, 0.05) is 26.3 Å². The van der Waals surface area contributed by atoms with E-state index in [0.29, 0.717) is 24.7 Å². The van der Waals surface area contributed by atoms with E-state index in [2.05, 4.69) is 20.6 Å². The predicted molar refractivity (Wildman–Crippen MR) is 109 cm³/mol. The number of nitrogens with zero attached hydrogens (tertiary/aromatic N) is 3.